The first-order valence-electron chi connectivity index (χ1n) is 7.22. The minimum absolute atomic E-state index is 0.0894. The van der Waals surface area contributed by atoms with Crippen LogP contribution in [0.3, 0.4) is 0 Å². The van der Waals surface area contributed by atoms with Crippen LogP contribution in [0.4, 0.5) is 0 Å². The summed E-state index contributed by atoms with van der Waals surface area (Å²) in [5.74, 6) is 0.0894. The maximum Gasteiger partial charge on any atom is 0.255 e. The molecule has 5 heteroatoms. The molecule has 1 atom stereocenters. The molecule has 1 amide bonds. The van der Waals surface area contributed by atoms with E-state index in [0.717, 1.165) is 26.2 Å². The average molecular weight is 301 g/mol. The highest BCUT2D eigenvalue weighted by molar-refractivity contribution is 7.10. The van der Waals surface area contributed by atoms with Crippen LogP contribution >= 0.6 is 11.3 Å². The van der Waals surface area contributed by atoms with Gasteiger partial charge in [0.15, 0.2) is 0 Å². The normalized spacial score (nSPS) is 17.7. The summed E-state index contributed by atoms with van der Waals surface area (Å²) >= 11 is 1.80. The molecule has 1 unspecified atom stereocenters. The molecule has 0 spiro atoms. The minimum atomic E-state index is 0.0894. The Morgan fingerprint density at radius 1 is 1.24 bits per heavy atom. The Morgan fingerprint density at radius 3 is 2.67 bits per heavy atom. The maximum absolute atomic E-state index is 12.4. The molecule has 1 saturated heterocycles. The topological polar surface area (TPSA) is 36.4 Å². The van der Waals surface area contributed by atoms with Crippen molar-refractivity contribution >= 4 is 17.2 Å². The van der Waals surface area contributed by atoms with Gasteiger partial charge in [0.25, 0.3) is 5.91 Å². The zero-order valence-electron chi connectivity index (χ0n) is 12.1. The Morgan fingerprint density at radius 2 is 2.05 bits per heavy atom. The lowest BCUT2D eigenvalue weighted by Crippen LogP contribution is -2.49. The number of carbonyl (C=O) groups excluding carboxylic acids is 1. The van der Waals surface area contributed by atoms with E-state index in [1.807, 2.05) is 17.0 Å². The minimum Gasteiger partial charge on any atom is -0.336 e. The van der Waals surface area contributed by atoms with Crippen LogP contribution in [0.25, 0.3) is 0 Å². The zero-order valence-corrected chi connectivity index (χ0v) is 12.9. The first-order chi connectivity index (χ1) is 10.3. The van der Waals surface area contributed by atoms with Crippen LogP contribution in [0.5, 0.6) is 0 Å². The molecule has 3 heterocycles. The smallest absolute Gasteiger partial charge is 0.255 e. The van der Waals surface area contributed by atoms with Gasteiger partial charge in [-0.1, -0.05) is 6.07 Å². The molecule has 4 nitrogen and oxygen atoms in total. The summed E-state index contributed by atoms with van der Waals surface area (Å²) in [6, 6.07) is 8.35. The molecular weight excluding hydrogens is 282 g/mol. The fourth-order valence-corrected chi connectivity index (χ4v) is 3.51. The van der Waals surface area contributed by atoms with Crippen molar-refractivity contribution < 1.29 is 4.79 Å². The van der Waals surface area contributed by atoms with Gasteiger partial charge >= 0.3 is 0 Å². The molecule has 21 heavy (non-hydrogen) atoms. The summed E-state index contributed by atoms with van der Waals surface area (Å²) in [4.78, 5) is 22.2. The second-order valence-corrected chi connectivity index (χ2v) is 6.24. The molecule has 1 fully saturated rings. The van der Waals surface area contributed by atoms with E-state index in [9.17, 15) is 4.79 Å². The lowest BCUT2D eigenvalue weighted by molar-refractivity contribution is 0.0584. The van der Waals surface area contributed by atoms with Gasteiger partial charge in [0.2, 0.25) is 0 Å². The van der Waals surface area contributed by atoms with Crippen LogP contribution < -0.4 is 0 Å². The maximum atomic E-state index is 12.4. The number of thiophene rings is 1. The van der Waals surface area contributed by atoms with Crippen LogP contribution in [0.1, 0.15) is 28.2 Å². The van der Waals surface area contributed by atoms with Gasteiger partial charge in [-0.15, -0.1) is 11.3 Å². The van der Waals surface area contributed by atoms with E-state index in [2.05, 4.69) is 34.3 Å². The molecule has 2 aromatic heterocycles. The van der Waals surface area contributed by atoms with Crippen molar-refractivity contribution in [1.29, 1.82) is 0 Å². The van der Waals surface area contributed by atoms with Gasteiger partial charge in [-0.3, -0.25) is 14.7 Å². The highest BCUT2D eigenvalue weighted by atomic mass is 32.1. The van der Waals surface area contributed by atoms with Gasteiger partial charge in [0, 0.05) is 49.5 Å². The summed E-state index contributed by atoms with van der Waals surface area (Å²) < 4.78 is 0. The van der Waals surface area contributed by atoms with Gasteiger partial charge in [0.05, 0.1) is 5.56 Å². The van der Waals surface area contributed by atoms with Crippen LogP contribution in [-0.2, 0) is 0 Å². The molecular formula is C16H19N3OS. The Kier molecular flexibility index (Phi) is 4.31. The summed E-state index contributed by atoms with van der Waals surface area (Å²) in [6.07, 6.45) is 3.33. The Balaban J connectivity index is 1.59. The predicted octanol–water partition coefficient (Wildman–Crippen LogP) is 2.66. The first-order valence-corrected chi connectivity index (χ1v) is 8.10. The van der Waals surface area contributed by atoms with E-state index < -0.39 is 0 Å². The van der Waals surface area contributed by atoms with Crippen LogP contribution in [-0.4, -0.2) is 46.9 Å². The van der Waals surface area contributed by atoms with Crippen molar-refractivity contribution in [3.63, 3.8) is 0 Å². The van der Waals surface area contributed by atoms with E-state index in [-0.39, 0.29) is 5.91 Å². The summed E-state index contributed by atoms with van der Waals surface area (Å²) in [7, 11) is 0. The van der Waals surface area contributed by atoms with Crippen LogP contribution in [0.15, 0.2) is 42.0 Å². The molecule has 0 saturated carbocycles. The second kappa shape index (κ2) is 6.37. The molecule has 0 radical (unpaired) electrons. The molecule has 0 bridgehead atoms. The zero-order chi connectivity index (χ0) is 14.7. The monoisotopic (exact) mass is 301 g/mol. The number of hydrogen-bond acceptors (Lipinski definition) is 4. The number of nitrogens with zero attached hydrogens (tertiary/aromatic N) is 3. The second-order valence-electron chi connectivity index (χ2n) is 5.26. The molecule has 3 rings (SSSR count). The SMILES string of the molecule is CC(c1cccs1)N1CCN(C(=O)c2cccnc2)CC1. The third kappa shape index (κ3) is 3.14. The van der Waals surface area contributed by atoms with Crippen molar-refractivity contribution in [1.82, 2.24) is 14.8 Å². The van der Waals surface area contributed by atoms with Gasteiger partial charge < -0.3 is 4.90 Å². The third-order valence-electron chi connectivity index (χ3n) is 4.01. The van der Waals surface area contributed by atoms with Crippen LogP contribution in [0, 0.1) is 0 Å². The van der Waals surface area contributed by atoms with E-state index >= 15 is 0 Å². The number of rotatable bonds is 3. The van der Waals surface area contributed by atoms with Crippen molar-refractivity contribution in [2.45, 2.75) is 13.0 Å². The number of carbonyl (C=O) groups is 1. The number of piperazine rings is 1. The van der Waals surface area contributed by atoms with E-state index in [1.54, 1.807) is 23.7 Å². The lowest BCUT2D eigenvalue weighted by Gasteiger charge is -2.37. The van der Waals surface area contributed by atoms with Crippen molar-refractivity contribution in [3.05, 3.63) is 52.5 Å². The summed E-state index contributed by atoms with van der Waals surface area (Å²) in [6.45, 7) is 5.65. The third-order valence-corrected chi connectivity index (χ3v) is 5.06. The van der Waals surface area contributed by atoms with Gasteiger partial charge in [-0.2, -0.15) is 0 Å². The molecule has 1 aliphatic heterocycles. The Labute approximate surface area is 129 Å². The standard InChI is InChI=1S/C16H19N3OS/c1-13(15-5-3-11-21-15)18-7-9-19(10-8-18)16(20)14-4-2-6-17-12-14/h2-6,11-13H,7-10H2,1H3. The Bertz CT molecular complexity index is 577. The lowest BCUT2D eigenvalue weighted by atomic mass is 10.2. The first kappa shape index (κ1) is 14.2. The largest absolute Gasteiger partial charge is 0.336 e. The highest BCUT2D eigenvalue weighted by Gasteiger charge is 2.25. The Hall–Kier alpha value is -1.72. The number of aromatic nitrogens is 1. The van der Waals surface area contributed by atoms with Crippen molar-refractivity contribution in [3.8, 4) is 0 Å². The molecule has 0 N–H and O–H groups in total. The quantitative estimate of drug-likeness (QED) is 0.874. The number of pyridine rings is 1. The van der Waals surface area contributed by atoms with E-state index in [0.29, 0.717) is 11.6 Å². The van der Waals surface area contributed by atoms with Crippen LogP contribution in [0.2, 0.25) is 0 Å². The van der Waals surface area contributed by atoms with Gasteiger partial charge in [0.1, 0.15) is 0 Å². The predicted molar refractivity (Wildman–Crippen MR) is 84.4 cm³/mol. The fraction of sp³-hybridized carbons (Fsp3) is 0.375. The molecule has 1 aliphatic rings. The van der Waals surface area contributed by atoms with E-state index in [4.69, 9.17) is 0 Å². The molecule has 110 valence electrons. The molecule has 2 aromatic rings. The van der Waals surface area contributed by atoms with E-state index in [1.165, 1.54) is 4.88 Å². The fourth-order valence-electron chi connectivity index (χ4n) is 2.69. The summed E-state index contributed by atoms with van der Waals surface area (Å²) in [5, 5.41) is 2.12. The van der Waals surface area contributed by atoms with Crippen molar-refractivity contribution in [2.24, 2.45) is 0 Å². The molecule has 0 aromatic carbocycles. The van der Waals surface area contributed by atoms with Crippen molar-refractivity contribution in [2.75, 3.05) is 26.2 Å². The summed E-state index contributed by atoms with van der Waals surface area (Å²) in [5.41, 5.74) is 0.678. The number of amides is 1. The van der Waals surface area contributed by atoms with Gasteiger partial charge in [-0.25, -0.2) is 0 Å². The number of hydrogen-bond donors (Lipinski definition) is 0. The highest BCUT2D eigenvalue weighted by Crippen LogP contribution is 2.25. The van der Waals surface area contributed by atoms with Gasteiger partial charge in [-0.05, 0) is 30.5 Å². The molecule has 0 aliphatic carbocycles. The average Bonchev–Trinajstić information content (AvgIpc) is 3.09.